The van der Waals surface area contributed by atoms with E-state index in [2.05, 4.69) is 19.2 Å². The highest BCUT2D eigenvalue weighted by Gasteiger charge is 2.25. The molecule has 3 aromatic carbocycles. The van der Waals surface area contributed by atoms with Crippen molar-refractivity contribution in [2.24, 2.45) is 0 Å². The lowest BCUT2D eigenvalue weighted by atomic mass is 9.90. The van der Waals surface area contributed by atoms with Crippen molar-refractivity contribution in [2.45, 2.75) is 50.3 Å². The molecule has 34 heavy (non-hydrogen) atoms. The molecule has 0 fully saturated rings. The predicted octanol–water partition coefficient (Wildman–Crippen LogP) is 6.05. The molecule has 0 aliphatic carbocycles. The van der Waals surface area contributed by atoms with Gasteiger partial charge in [0.25, 0.3) is 0 Å². The fraction of sp³-hybridized carbons (Fsp3) is 0.321. The number of amides is 1. The van der Waals surface area contributed by atoms with Gasteiger partial charge in [-0.05, 0) is 48.2 Å². The Labute approximate surface area is 203 Å². The minimum absolute atomic E-state index is 0.166. The summed E-state index contributed by atoms with van der Waals surface area (Å²) < 4.78 is 28.0. The van der Waals surface area contributed by atoms with E-state index >= 15 is 0 Å². The van der Waals surface area contributed by atoms with Crippen LogP contribution in [-0.4, -0.2) is 31.7 Å². The highest BCUT2D eigenvalue weighted by atomic mass is 32.2. The standard InChI is InChI=1S/C28H34N2O3S/c1-3-5-21-30(22-6-4-2)34(32,33)26-19-17-25(18-20-26)29-28(31)27(23-13-9-7-10-14-23)24-15-11-8-12-16-24/h7-20,27H,3-6,21-22H2,1-2H3,(H,29,31). The predicted molar refractivity (Wildman–Crippen MR) is 138 cm³/mol. The second-order valence-electron chi connectivity index (χ2n) is 8.38. The summed E-state index contributed by atoms with van der Waals surface area (Å²) in [5.74, 6) is -0.634. The maximum Gasteiger partial charge on any atom is 0.243 e. The van der Waals surface area contributed by atoms with Crippen molar-refractivity contribution in [3.05, 3.63) is 96.1 Å². The number of unbranched alkanes of at least 4 members (excludes halogenated alkanes) is 2. The topological polar surface area (TPSA) is 66.5 Å². The Balaban J connectivity index is 1.80. The van der Waals surface area contributed by atoms with Gasteiger partial charge in [-0.1, -0.05) is 87.4 Å². The number of carbonyl (C=O) groups is 1. The number of nitrogens with one attached hydrogen (secondary N) is 1. The average molecular weight is 479 g/mol. The van der Waals surface area contributed by atoms with Crippen molar-refractivity contribution < 1.29 is 13.2 Å². The normalized spacial score (nSPS) is 11.6. The SMILES string of the molecule is CCCCN(CCCC)S(=O)(=O)c1ccc(NC(=O)C(c2ccccc2)c2ccccc2)cc1. The average Bonchev–Trinajstić information content (AvgIpc) is 2.86. The van der Waals surface area contributed by atoms with E-state index in [0.29, 0.717) is 18.8 Å². The van der Waals surface area contributed by atoms with Crippen LogP contribution in [0, 0.1) is 0 Å². The van der Waals surface area contributed by atoms with Crippen molar-refractivity contribution in [1.82, 2.24) is 4.31 Å². The first kappa shape index (κ1) is 25.7. The van der Waals surface area contributed by atoms with Gasteiger partial charge in [0.1, 0.15) is 0 Å². The molecule has 180 valence electrons. The number of benzene rings is 3. The second kappa shape index (κ2) is 12.5. The molecular formula is C28H34N2O3S. The number of hydrogen-bond acceptors (Lipinski definition) is 3. The summed E-state index contributed by atoms with van der Waals surface area (Å²) in [4.78, 5) is 13.6. The van der Waals surface area contributed by atoms with E-state index in [1.54, 1.807) is 28.6 Å². The molecule has 0 bridgehead atoms. The molecule has 0 aromatic heterocycles. The van der Waals surface area contributed by atoms with Crippen LogP contribution in [0.5, 0.6) is 0 Å². The zero-order chi connectivity index (χ0) is 24.4. The van der Waals surface area contributed by atoms with Crippen molar-refractivity contribution in [3.8, 4) is 0 Å². The molecule has 0 aliphatic heterocycles. The zero-order valence-corrected chi connectivity index (χ0v) is 20.8. The zero-order valence-electron chi connectivity index (χ0n) is 20.0. The van der Waals surface area contributed by atoms with Gasteiger partial charge in [0.05, 0.1) is 10.8 Å². The van der Waals surface area contributed by atoms with E-state index < -0.39 is 15.9 Å². The number of carbonyl (C=O) groups excluding carboxylic acids is 1. The largest absolute Gasteiger partial charge is 0.325 e. The van der Waals surface area contributed by atoms with Crippen molar-refractivity contribution in [2.75, 3.05) is 18.4 Å². The number of hydrogen-bond donors (Lipinski definition) is 1. The van der Waals surface area contributed by atoms with E-state index in [-0.39, 0.29) is 10.8 Å². The number of nitrogens with zero attached hydrogens (tertiary/aromatic N) is 1. The van der Waals surface area contributed by atoms with Gasteiger partial charge in [0.2, 0.25) is 15.9 Å². The lowest BCUT2D eigenvalue weighted by Gasteiger charge is -2.22. The highest BCUT2D eigenvalue weighted by Crippen LogP contribution is 2.27. The molecular weight excluding hydrogens is 444 g/mol. The lowest BCUT2D eigenvalue weighted by molar-refractivity contribution is -0.116. The van der Waals surface area contributed by atoms with Gasteiger partial charge in [0.15, 0.2) is 0 Å². The maximum atomic E-state index is 13.3. The molecule has 3 aromatic rings. The van der Waals surface area contributed by atoms with E-state index in [0.717, 1.165) is 36.8 Å². The summed E-state index contributed by atoms with van der Waals surface area (Å²) in [6, 6.07) is 25.8. The van der Waals surface area contributed by atoms with E-state index in [9.17, 15) is 13.2 Å². The van der Waals surface area contributed by atoms with Crippen LogP contribution < -0.4 is 5.32 Å². The molecule has 0 radical (unpaired) electrons. The lowest BCUT2D eigenvalue weighted by Crippen LogP contribution is -2.33. The van der Waals surface area contributed by atoms with Gasteiger partial charge in [0, 0.05) is 18.8 Å². The molecule has 1 amide bonds. The Bertz CT molecular complexity index is 1080. The molecule has 0 unspecified atom stereocenters. The molecule has 0 heterocycles. The minimum Gasteiger partial charge on any atom is -0.325 e. The third kappa shape index (κ3) is 6.55. The van der Waals surface area contributed by atoms with Gasteiger partial charge in [-0.25, -0.2) is 8.42 Å². The highest BCUT2D eigenvalue weighted by molar-refractivity contribution is 7.89. The summed E-state index contributed by atoms with van der Waals surface area (Å²) in [5.41, 5.74) is 2.36. The molecule has 3 rings (SSSR count). The van der Waals surface area contributed by atoms with Crippen LogP contribution in [0.25, 0.3) is 0 Å². The Morgan fingerprint density at radius 3 is 1.68 bits per heavy atom. The summed E-state index contributed by atoms with van der Waals surface area (Å²) >= 11 is 0. The Kier molecular flexibility index (Phi) is 9.42. The Hall–Kier alpha value is -2.96. The Morgan fingerprint density at radius 1 is 0.765 bits per heavy atom. The molecule has 1 N–H and O–H groups in total. The van der Waals surface area contributed by atoms with Crippen LogP contribution >= 0.6 is 0 Å². The van der Waals surface area contributed by atoms with Gasteiger partial charge >= 0.3 is 0 Å². The molecule has 0 saturated heterocycles. The Morgan fingerprint density at radius 2 is 1.24 bits per heavy atom. The van der Waals surface area contributed by atoms with Crippen molar-refractivity contribution >= 4 is 21.6 Å². The first-order chi connectivity index (χ1) is 16.5. The first-order valence-electron chi connectivity index (χ1n) is 12.0. The molecule has 0 aliphatic rings. The van der Waals surface area contributed by atoms with Gasteiger partial charge < -0.3 is 5.32 Å². The quantitative estimate of drug-likeness (QED) is 0.345. The van der Waals surface area contributed by atoms with Crippen molar-refractivity contribution in [3.63, 3.8) is 0 Å². The van der Waals surface area contributed by atoms with Crippen LogP contribution in [-0.2, 0) is 14.8 Å². The van der Waals surface area contributed by atoms with Crippen LogP contribution in [0.1, 0.15) is 56.6 Å². The fourth-order valence-corrected chi connectivity index (χ4v) is 5.40. The summed E-state index contributed by atoms with van der Waals surface area (Å²) in [6.45, 7) is 5.15. The smallest absolute Gasteiger partial charge is 0.243 e. The molecule has 5 nitrogen and oxygen atoms in total. The van der Waals surface area contributed by atoms with Crippen molar-refractivity contribution in [1.29, 1.82) is 0 Å². The molecule has 0 atom stereocenters. The third-order valence-electron chi connectivity index (χ3n) is 5.81. The van der Waals surface area contributed by atoms with Crippen LogP contribution in [0.15, 0.2) is 89.8 Å². The maximum absolute atomic E-state index is 13.3. The summed E-state index contributed by atoms with van der Waals surface area (Å²) in [6.07, 6.45) is 3.54. The van der Waals surface area contributed by atoms with Gasteiger partial charge in [-0.2, -0.15) is 4.31 Å². The van der Waals surface area contributed by atoms with E-state index in [4.69, 9.17) is 0 Å². The number of rotatable bonds is 12. The molecule has 0 saturated carbocycles. The fourth-order valence-electron chi connectivity index (χ4n) is 3.88. The molecule has 6 heteroatoms. The molecule has 0 spiro atoms. The monoisotopic (exact) mass is 478 g/mol. The van der Waals surface area contributed by atoms with Gasteiger partial charge in [-0.3, -0.25) is 4.79 Å². The number of sulfonamides is 1. The summed E-state index contributed by atoms with van der Waals surface area (Å²) in [7, 11) is -3.57. The summed E-state index contributed by atoms with van der Waals surface area (Å²) in [5, 5.41) is 2.97. The second-order valence-corrected chi connectivity index (χ2v) is 10.3. The van der Waals surface area contributed by atoms with Crippen LogP contribution in [0.2, 0.25) is 0 Å². The van der Waals surface area contributed by atoms with Crippen LogP contribution in [0.3, 0.4) is 0 Å². The van der Waals surface area contributed by atoms with E-state index in [1.807, 2.05) is 60.7 Å². The van der Waals surface area contributed by atoms with Gasteiger partial charge in [-0.15, -0.1) is 0 Å². The first-order valence-corrected chi connectivity index (χ1v) is 13.4. The van der Waals surface area contributed by atoms with Crippen LogP contribution in [0.4, 0.5) is 5.69 Å². The third-order valence-corrected chi connectivity index (χ3v) is 7.72. The number of anilines is 1. The minimum atomic E-state index is -3.57. The van der Waals surface area contributed by atoms with E-state index in [1.165, 1.54) is 0 Å².